The van der Waals surface area contributed by atoms with E-state index in [0.717, 1.165) is 33.4 Å². The van der Waals surface area contributed by atoms with E-state index in [1.165, 1.54) is 50.5 Å². The number of nitrogens with one attached hydrogen (secondary N) is 3. The van der Waals surface area contributed by atoms with Gasteiger partial charge in [-0.25, -0.2) is 0 Å². The maximum Gasteiger partial charge on any atom is 0.293 e. The zero-order valence-electron chi connectivity index (χ0n) is 51.2. The Morgan fingerprint density at radius 3 is 0.791 bits per heavy atom. The number of rotatable bonds is 33. The molecular weight excluding hydrogens is 1150 g/mol. The molecule has 0 bridgehead atoms. The molecule has 470 valence electrons. The van der Waals surface area contributed by atoms with Crippen LogP contribution in [0.4, 0.5) is 0 Å². The Kier molecular flexibility index (Phi) is 24.0. The van der Waals surface area contributed by atoms with Gasteiger partial charge in [0.2, 0.25) is 0 Å². The number of benzene rings is 6. The molecule has 0 fully saturated rings. The van der Waals surface area contributed by atoms with Crippen LogP contribution in [0, 0.1) is 0 Å². The number of amides is 3. The molecule has 3 N–H and O–H groups in total. The second-order valence-corrected chi connectivity index (χ2v) is 22.0. The van der Waals surface area contributed by atoms with Crippen molar-refractivity contribution in [3.05, 3.63) is 300 Å². The van der Waals surface area contributed by atoms with Crippen LogP contribution in [0.5, 0.6) is 17.2 Å². The predicted molar refractivity (Wildman–Crippen MR) is 346 cm³/mol. The predicted octanol–water partition coefficient (Wildman–Crippen LogP) is 8.17. The second-order valence-electron chi connectivity index (χ2n) is 22.0. The number of hydrogen-bond acceptors (Lipinski definition) is 13. The highest BCUT2D eigenvalue weighted by Crippen LogP contribution is 2.20. The maximum atomic E-state index is 15.0. The van der Waals surface area contributed by atoms with Crippen molar-refractivity contribution in [1.29, 1.82) is 0 Å². The van der Waals surface area contributed by atoms with Crippen LogP contribution in [0.25, 0.3) is 0 Å². The highest BCUT2D eigenvalue weighted by atomic mass is 16.5. The Morgan fingerprint density at radius 1 is 0.341 bits per heavy atom. The zero-order chi connectivity index (χ0) is 63.7. The number of aromatic nitrogens is 3. The van der Waals surface area contributed by atoms with Crippen molar-refractivity contribution in [1.82, 2.24) is 34.6 Å². The molecule has 3 unspecified atom stereocenters. The van der Waals surface area contributed by atoms with Gasteiger partial charge in [0.15, 0.2) is 17.2 Å². The molecule has 0 aliphatic heterocycles. The third-order valence-corrected chi connectivity index (χ3v) is 14.8. The van der Waals surface area contributed by atoms with Gasteiger partial charge in [-0.15, -0.1) is 0 Å². The molecule has 19 heteroatoms. The van der Waals surface area contributed by atoms with E-state index >= 15 is 0 Å². The Hall–Kier alpha value is -10.2. The fraction of sp³-hybridized carbons (Fsp3) is 0.250. The molecule has 9 rings (SSSR count). The molecule has 0 radical (unpaired) electrons. The van der Waals surface area contributed by atoms with Crippen molar-refractivity contribution < 1.29 is 42.8 Å². The van der Waals surface area contributed by atoms with Gasteiger partial charge in [-0.1, -0.05) is 182 Å². The van der Waals surface area contributed by atoms with E-state index < -0.39 is 52.5 Å². The van der Waals surface area contributed by atoms with Crippen LogP contribution in [-0.4, -0.2) is 93.9 Å². The maximum absolute atomic E-state index is 15.0. The lowest BCUT2D eigenvalue weighted by Crippen LogP contribution is -2.55. The number of aryl methyl sites for hydroxylation is 3. The SMILES string of the molecule is Cn1ccc(C(=O)NC(COCc2ccccc2)CN(CC(COCc2ccccc2)NC(=O)c2ccn(C)c(=O)c2OCc2ccccc2)CC(COCc2ccccc2)NC(=O)c2ccn(C)c(=O)c2OCc2ccccc2)c(OCc2ccccc2)c1=O. The molecule has 6 aromatic carbocycles. The monoisotopic (exact) mass is 1230 g/mol. The zero-order valence-corrected chi connectivity index (χ0v) is 51.2. The number of ether oxygens (including phenoxy) is 6. The van der Waals surface area contributed by atoms with E-state index in [4.69, 9.17) is 28.4 Å². The van der Waals surface area contributed by atoms with E-state index in [1.54, 1.807) is 21.1 Å². The topological polar surface area (TPSA) is 212 Å². The summed E-state index contributed by atoms with van der Waals surface area (Å²) in [5.41, 5.74) is 3.32. The van der Waals surface area contributed by atoms with Gasteiger partial charge in [0, 0.05) is 59.4 Å². The van der Waals surface area contributed by atoms with Crippen molar-refractivity contribution in [2.45, 2.75) is 57.8 Å². The van der Waals surface area contributed by atoms with Crippen LogP contribution in [0.2, 0.25) is 0 Å². The molecule has 19 nitrogen and oxygen atoms in total. The van der Waals surface area contributed by atoms with Crippen molar-refractivity contribution >= 4 is 17.7 Å². The third kappa shape index (κ3) is 19.4. The van der Waals surface area contributed by atoms with Crippen molar-refractivity contribution in [2.75, 3.05) is 39.5 Å². The standard InChI is InChI=1S/C72H75N7O12/c1-76-37-34-61(64(70(76)83)89-46-55-28-16-7-17-29-55)67(80)73-58(49-86-43-52-22-10-4-11-23-52)40-79(41-59(50-87-44-53-24-12-5-13-25-53)74-68(81)62-35-38-77(2)71(84)65(62)90-47-56-30-18-8-19-31-56)42-60(51-88-45-54-26-14-6-15-27-54)75-69(82)63-36-39-78(3)72(85)66(63)91-48-57-32-20-9-21-33-57/h4-39,58-60H,40-51H2,1-3H3,(H,73,80)(H,74,81)(H,75,82). The molecule has 0 saturated heterocycles. The van der Waals surface area contributed by atoms with Gasteiger partial charge in [-0.05, 0) is 51.6 Å². The Labute approximate surface area is 528 Å². The Morgan fingerprint density at radius 2 is 0.560 bits per heavy atom. The largest absolute Gasteiger partial charge is 0.482 e. The van der Waals surface area contributed by atoms with Crippen LogP contribution in [0.1, 0.15) is 64.5 Å². The van der Waals surface area contributed by atoms with Gasteiger partial charge in [0.1, 0.15) is 19.8 Å². The molecule has 3 atom stereocenters. The summed E-state index contributed by atoms with van der Waals surface area (Å²) in [6, 6.07) is 58.3. The van der Waals surface area contributed by atoms with E-state index in [1.807, 2.05) is 187 Å². The summed E-state index contributed by atoms with van der Waals surface area (Å²) in [7, 11) is 4.71. The fourth-order valence-electron chi connectivity index (χ4n) is 10.0. The average Bonchev–Trinajstić information content (AvgIpc) is 1.09. The van der Waals surface area contributed by atoms with E-state index in [2.05, 4.69) is 16.0 Å². The smallest absolute Gasteiger partial charge is 0.293 e. The van der Waals surface area contributed by atoms with Crippen LogP contribution >= 0.6 is 0 Å². The van der Waals surface area contributed by atoms with Gasteiger partial charge >= 0.3 is 0 Å². The molecule has 3 aromatic heterocycles. The number of pyridine rings is 3. The number of nitrogens with zero attached hydrogens (tertiary/aromatic N) is 4. The lowest BCUT2D eigenvalue weighted by Gasteiger charge is -2.34. The van der Waals surface area contributed by atoms with Crippen LogP contribution in [0.3, 0.4) is 0 Å². The van der Waals surface area contributed by atoms with Gasteiger partial charge < -0.3 is 58.1 Å². The number of hydrogen-bond donors (Lipinski definition) is 3. The summed E-state index contributed by atoms with van der Waals surface area (Å²) in [5.74, 6) is -2.38. The first-order valence-electron chi connectivity index (χ1n) is 29.9. The summed E-state index contributed by atoms with van der Waals surface area (Å²) in [6.45, 7) is 0.245. The molecule has 3 amide bonds. The van der Waals surface area contributed by atoms with Crippen molar-refractivity contribution in [3.63, 3.8) is 0 Å². The van der Waals surface area contributed by atoms with Gasteiger partial charge in [0.25, 0.3) is 34.4 Å². The van der Waals surface area contributed by atoms with Crippen molar-refractivity contribution in [2.24, 2.45) is 21.1 Å². The molecule has 0 aliphatic carbocycles. The van der Waals surface area contributed by atoms with Crippen LogP contribution in [0.15, 0.2) is 233 Å². The average molecular weight is 1230 g/mol. The quantitative estimate of drug-likeness (QED) is 0.0355. The fourth-order valence-corrected chi connectivity index (χ4v) is 10.0. The number of carbonyl (C=O) groups excluding carboxylic acids is 3. The van der Waals surface area contributed by atoms with E-state index in [9.17, 15) is 28.8 Å². The molecule has 91 heavy (non-hydrogen) atoms. The summed E-state index contributed by atoms with van der Waals surface area (Å²) in [6.07, 6.45) is 4.48. The molecule has 0 aliphatic rings. The lowest BCUT2D eigenvalue weighted by atomic mass is 10.1. The summed E-state index contributed by atoms with van der Waals surface area (Å²) in [5, 5.41) is 9.48. The van der Waals surface area contributed by atoms with Crippen molar-refractivity contribution in [3.8, 4) is 17.2 Å². The first-order valence-corrected chi connectivity index (χ1v) is 29.9. The van der Waals surface area contributed by atoms with Crippen LogP contribution < -0.4 is 46.8 Å². The Bertz CT molecular complexity index is 3560. The summed E-state index contributed by atoms with van der Waals surface area (Å²) < 4.78 is 41.8. The second kappa shape index (κ2) is 33.4. The first kappa shape index (κ1) is 65.3. The highest BCUT2D eigenvalue weighted by molar-refractivity contribution is 5.98. The normalized spacial score (nSPS) is 12.1. The Balaban J connectivity index is 1.10. The van der Waals surface area contributed by atoms with Crippen LogP contribution in [-0.2, 0) is 75.0 Å². The highest BCUT2D eigenvalue weighted by Gasteiger charge is 2.30. The third-order valence-electron chi connectivity index (χ3n) is 14.8. The van der Waals surface area contributed by atoms with Gasteiger partial charge in [-0.3, -0.25) is 33.7 Å². The molecule has 0 spiro atoms. The molecule has 3 heterocycles. The minimum atomic E-state index is -0.879. The lowest BCUT2D eigenvalue weighted by molar-refractivity contribution is 0.0481. The van der Waals surface area contributed by atoms with E-state index in [-0.39, 0.29) is 113 Å². The first-order chi connectivity index (χ1) is 44.3. The minimum absolute atomic E-state index is 0.00701. The molecule has 0 saturated carbocycles. The van der Waals surface area contributed by atoms with Gasteiger partial charge in [0.05, 0.1) is 74.5 Å². The number of carbonyl (C=O) groups is 3. The minimum Gasteiger partial charge on any atom is -0.482 e. The summed E-state index contributed by atoms with van der Waals surface area (Å²) >= 11 is 0. The molecule has 9 aromatic rings. The summed E-state index contributed by atoms with van der Waals surface area (Å²) in [4.78, 5) is 88.5. The van der Waals surface area contributed by atoms with Gasteiger partial charge in [-0.2, -0.15) is 0 Å². The molecular formula is C72H75N7O12. The van der Waals surface area contributed by atoms with E-state index in [0.29, 0.717) is 0 Å².